The van der Waals surface area contributed by atoms with E-state index in [2.05, 4.69) is 28.8 Å². The number of aliphatic carboxylic acids is 1. The molecule has 0 bridgehead atoms. The van der Waals surface area contributed by atoms with E-state index in [9.17, 15) is 14.7 Å². The van der Waals surface area contributed by atoms with Gasteiger partial charge in [-0.3, -0.25) is 9.59 Å². The van der Waals surface area contributed by atoms with Crippen molar-refractivity contribution >= 4 is 33.6 Å². The van der Waals surface area contributed by atoms with E-state index < -0.39 is 11.9 Å². The maximum atomic E-state index is 13.2. The Bertz CT molecular complexity index is 1820. The number of Topliss-reactive ketones (excluding diaryl/α,β-unsaturated/α-hetero) is 1. The highest BCUT2D eigenvalue weighted by Gasteiger charge is 2.21. The Morgan fingerprint density at radius 2 is 1.19 bits per heavy atom. The molecule has 6 heteroatoms. The van der Waals surface area contributed by atoms with Crippen LogP contribution >= 0.6 is 0 Å². The smallest absolute Gasteiger partial charge is 0.303 e. The van der Waals surface area contributed by atoms with Crippen molar-refractivity contribution in [3.63, 3.8) is 0 Å². The highest BCUT2D eigenvalue weighted by atomic mass is 16.5. The fourth-order valence-electron chi connectivity index (χ4n) is 5.45. The minimum absolute atomic E-state index is 0.0830. The van der Waals surface area contributed by atoms with Crippen LogP contribution in [0.3, 0.4) is 0 Å². The van der Waals surface area contributed by atoms with Crippen molar-refractivity contribution < 1.29 is 24.2 Å². The predicted octanol–water partition coefficient (Wildman–Crippen LogP) is 8.42. The van der Waals surface area contributed by atoms with Gasteiger partial charge in [-0.15, -0.1) is 0 Å². The predicted molar refractivity (Wildman–Crippen MR) is 164 cm³/mol. The van der Waals surface area contributed by atoms with Crippen molar-refractivity contribution in [2.45, 2.75) is 18.8 Å². The summed E-state index contributed by atoms with van der Waals surface area (Å²) in [7, 11) is 1.61. The van der Waals surface area contributed by atoms with Gasteiger partial charge in [0, 0.05) is 34.4 Å². The van der Waals surface area contributed by atoms with Gasteiger partial charge in [0.15, 0.2) is 5.78 Å². The highest BCUT2D eigenvalue weighted by Crippen LogP contribution is 2.33. The number of methoxy groups -OCH3 is 1. The van der Waals surface area contributed by atoms with Crippen LogP contribution in [0.5, 0.6) is 17.2 Å². The molecule has 0 fully saturated rings. The first-order valence-corrected chi connectivity index (χ1v) is 13.8. The fourth-order valence-corrected chi connectivity index (χ4v) is 5.45. The molecule has 5 aromatic carbocycles. The first-order valence-electron chi connectivity index (χ1n) is 13.8. The molecule has 0 aliphatic carbocycles. The summed E-state index contributed by atoms with van der Waals surface area (Å²) in [5.74, 6) is 0.462. The van der Waals surface area contributed by atoms with E-state index >= 15 is 0 Å². The Balaban J connectivity index is 1.21. The van der Waals surface area contributed by atoms with Crippen LogP contribution in [-0.4, -0.2) is 28.5 Å². The number of benzene rings is 5. The van der Waals surface area contributed by atoms with Gasteiger partial charge in [-0.05, 0) is 78.4 Å². The van der Waals surface area contributed by atoms with E-state index in [-0.39, 0.29) is 18.6 Å². The number of carboxylic acid groups (broad SMARTS) is 1. The Kier molecular flexibility index (Phi) is 7.43. The lowest BCUT2D eigenvalue weighted by Crippen LogP contribution is -2.12. The number of carbonyl (C=O) groups excluding carboxylic acids is 1. The van der Waals surface area contributed by atoms with E-state index in [1.54, 1.807) is 43.5 Å². The molecule has 0 amide bonds. The van der Waals surface area contributed by atoms with Gasteiger partial charge < -0.3 is 19.1 Å². The zero-order chi connectivity index (χ0) is 29.1. The molecule has 1 unspecified atom stereocenters. The molecule has 0 aliphatic heterocycles. The zero-order valence-corrected chi connectivity index (χ0v) is 23.1. The van der Waals surface area contributed by atoms with E-state index in [1.165, 1.54) is 10.8 Å². The van der Waals surface area contributed by atoms with Gasteiger partial charge in [0.2, 0.25) is 0 Å². The van der Waals surface area contributed by atoms with Crippen LogP contribution in [0.1, 0.15) is 34.7 Å². The van der Waals surface area contributed by atoms with Crippen LogP contribution in [0, 0.1) is 0 Å². The largest absolute Gasteiger partial charge is 0.497 e. The Hall–Kier alpha value is -5.36. The summed E-state index contributed by atoms with van der Waals surface area (Å²) in [5, 5.41) is 12.0. The second-order valence-electron chi connectivity index (χ2n) is 10.2. The maximum Gasteiger partial charge on any atom is 0.303 e. The molecule has 0 aliphatic rings. The average molecular weight is 556 g/mol. The summed E-state index contributed by atoms with van der Waals surface area (Å²) in [6.07, 6.45) is -0.0567. The number of nitrogens with zero attached hydrogens (tertiary/aromatic N) is 1. The minimum Gasteiger partial charge on any atom is -0.497 e. The summed E-state index contributed by atoms with van der Waals surface area (Å²) in [5.41, 5.74) is 4.50. The topological polar surface area (TPSA) is 77.8 Å². The monoisotopic (exact) mass is 555 g/mol. The van der Waals surface area contributed by atoms with Gasteiger partial charge in [0.05, 0.1) is 24.6 Å². The van der Waals surface area contributed by atoms with Crippen LogP contribution < -0.4 is 9.47 Å². The van der Waals surface area contributed by atoms with Crippen molar-refractivity contribution in [1.29, 1.82) is 0 Å². The fraction of sp³-hybridized carbons (Fsp3) is 0.111. The lowest BCUT2D eigenvalue weighted by Gasteiger charge is -2.16. The van der Waals surface area contributed by atoms with Crippen LogP contribution in [0.2, 0.25) is 0 Å². The molecule has 0 spiro atoms. The molecule has 6 rings (SSSR count). The van der Waals surface area contributed by atoms with E-state index in [0.717, 1.165) is 28.0 Å². The third-order valence-electron chi connectivity index (χ3n) is 7.53. The highest BCUT2D eigenvalue weighted by molar-refractivity contribution is 6.09. The van der Waals surface area contributed by atoms with E-state index in [0.29, 0.717) is 17.1 Å². The van der Waals surface area contributed by atoms with Gasteiger partial charge in [-0.25, -0.2) is 0 Å². The lowest BCUT2D eigenvalue weighted by molar-refractivity contribution is -0.137. The third-order valence-corrected chi connectivity index (χ3v) is 7.53. The summed E-state index contributed by atoms with van der Waals surface area (Å²) in [6.45, 7) is 0. The van der Waals surface area contributed by atoms with Gasteiger partial charge in [0.1, 0.15) is 17.2 Å². The molecule has 0 saturated carbocycles. The third kappa shape index (κ3) is 5.47. The zero-order valence-electron chi connectivity index (χ0n) is 23.1. The number of fused-ring (bicyclic) bond motifs is 3. The molecule has 0 saturated heterocycles. The Morgan fingerprint density at radius 1 is 0.667 bits per heavy atom. The Labute approximate surface area is 243 Å². The number of carboxylic acids is 1. The van der Waals surface area contributed by atoms with Crippen LogP contribution in [0.25, 0.3) is 27.5 Å². The van der Waals surface area contributed by atoms with E-state index in [1.807, 2.05) is 60.7 Å². The normalized spacial score (nSPS) is 11.8. The lowest BCUT2D eigenvalue weighted by atomic mass is 9.89. The number of aromatic nitrogens is 1. The Morgan fingerprint density at radius 3 is 1.74 bits per heavy atom. The van der Waals surface area contributed by atoms with Gasteiger partial charge in [-0.1, -0.05) is 48.5 Å². The second-order valence-corrected chi connectivity index (χ2v) is 10.2. The van der Waals surface area contributed by atoms with Crippen LogP contribution in [-0.2, 0) is 4.79 Å². The standard InChI is InChI=1S/C36H29NO5/c1-41-28-18-20-30(21-19-28)42-29-16-12-25(13-17-29)35(38)22-26(23-36(39)40)24-10-14-27(15-11-24)37-33-8-4-2-6-31(33)32-7-3-5-9-34(32)37/h2-21,26H,22-23H2,1H3,(H,39,40). The number of ketones is 1. The number of hydrogen-bond acceptors (Lipinski definition) is 4. The summed E-state index contributed by atoms with van der Waals surface area (Å²) in [6, 6.07) is 38.6. The summed E-state index contributed by atoms with van der Waals surface area (Å²) in [4.78, 5) is 25.0. The molecular formula is C36H29NO5. The number of hydrogen-bond donors (Lipinski definition) is 1. The van der Waals surface area contributed by atoms with Crippen molar-refractivity contribution in [3.05, 3.63) is 132 Å². The van der Waals surface area contributed by atoms with E-state index in [4.69, 9.17) is 9.47 Å². The molecular weight excluding hydrogens is 526 g/mol. The molecule has 1 heterocycles. The molecule has 0 radical (unpaired) electrons. The molecule has 1 aromatic heterocycles. The molecule has 6 aromatic rings. The van der Waals surface area contributed by atoms with Crippen molar-refractivity contribution in [2.24, 2.45) is 0 Å². The quantitative estimate of drug-likeness (QED) is 0.172. The molecule has 1 atom stereocenters. The van der Waals surface area contributed by atoms with Crippen molar-refractivity contribution in [3.8, 4) is 22.9 Å². The second kappa shape index (κ2) is 11.6. The SMILES string of the molecule is COc1ccc(Oc2ccc(C(=O)CC(CC(=O)O)c3ccc(-n4c5ccccc5c5ccccc54)cc3)cc2)cc1. The first kappa shape index (κ1) is 26.8. The number of ether oxygens (including phenoxy) is 2. The van der Waals surface area contributed by atoms with Crippen LogP contribution in [0.4, 0.5) is 0 Å². The molecule has 1 N–H and O–H groups in total. The summed E-state index contributed by atoms with van der Waals surface area (Å²) < 4.78 is 13.2. The molecule has 208 valence electrons. The number of carbonyl (C=O) groups is 2. The van der Waals surface area contributed by atoms with Crippen molar-refractivity contribution in [2.75, 3.05) is 7.11 Å². The first-order chi connectivity index (χ1) is 20.5. The minimum atomic E-state index is -0.942. The van der Waals surface area contributed by atoms with Gasteiger partial charge in [-0.2, -0.15) is 0 Å². The average Bonchev–Trinajstić information content (AvgIpc) is 3.36. The molecule has 42 heavy (non-hydrogen) atoms. The maximum absolute atomic E-state index is 13.2. The van der Waals surface area contributed by atoms with Crippen molar-refractivity contribution in [1.82, 2.24) is 4.57 Å². The van der Waals surface area contributed by atoms with Gasteiger partial charge in [0.25, 0.3) is 0 Å². The number of rotatable bonds is 10. The summed E-state index contributed by atoms with van der Waals surface area (Å²) >= 11 is 0. The molecule has 6 nitrogen and oxygen atoms in total. The number of para-hydroxylation sites is 2. The van der Waals surface area contributed by atoms with Crippen LogP contribution in [0.15, 0.2) is 121 Å². The van der Waals surface area contributed by atoms with Gasteiger partial charge >= 0.3 is 5.97 Å².